The molecule has 0 fully saturated rings. The molecule has 3 heterocycles. The third kappa shape index (κ3) is 5.03. The predicted octanol–water partition coefficient (Wildman–Crippen LogP) is 3.53. The Morgan fingerprint density at radius 1 is 1.31 bits per heavy atom. The van der Waals surface area contributed by atoms with E-state index in [1.807, 2.05) is 26.8 Å². The van der Waals surface area contributed by atoms with Crippen molar-refractivity contribution in [1.82, 2.24) is 15.0 Å². The maximum absolute atomic E-state index is 12.2. The van der Waals surface area contributed by atoms with Crippen LogP contribution in [0.3, 0.4) is 0 Å². The fourth-order valence-electron chi connectivity index (χ4n) is 2.58. The predicted molar refractivity (Wildman–Crippen MR) is 117 cm³/mol. The zero-order valence-corrected chi connectivity index (χ0v) is 18.8. The average Bonchev–Trinajstić information content (AvgIpc) is 3.24. The summed E-state index contributed by atoms with van der Waals surface area (Å²) < 4.78 is 4.75. The van der Waals surface area contributed by atoms with E-state index < -0.39 is 5.97 Å². The van der Waals surface area contributed by atoms with Crippen molar-refractivity contribution in [3.63, 3.8) is 0 Å². The summed E-state index contributed by atoms with van der Waals surface area (Å²) in [4.78, 5) is 50.1. The van der Waals surface area contributed by atoms with Crippen LogP contribution in [-0.2, 0) is 15.3 Å². The second kappa shape index (κ2) is 9.06. The van der Waals surface area contributed by atoms with Crippen LogP contribution < -0.4 is 10.9 Å². The minimum absolute atomic E-state index is 0.0836. The number of H-pyrrole nitrogens is 1. The molecule has 3 rings (SSSR count). The number of methoxy groups -OCH3 is 1. The Kier molecular flexibility index (Phi) is 6.70. The van der Waals surface area contributed by atoms with Gasteiger partial charge in [0.1, 0.15) is 10.7 Å². The molecule has 29 heavy (non-hydrogen) atoms. The number of thiazole rings is 1. The summed E-state index contributed by atoms with van der Waals surface area (Å²) in [6.45, 7) is 5.82. The lowest BCUT2D eigenvalue weighted by atomic mass is 10.1. The van der Waals surface area contributed by atoms with Gasteiger partial charge in [-0.3, -0.25) is 9.59 Å². The third-order valence-electron chi connectivity index (χ3n) is 3.85. The number of amides is 1. The molecule has 0 spiro atoms. The summed E-state index contributed by atoms with van der Waals surface area (Å²) in [5, 5.41) is 3.67. The number of hydrogen-bond donors (Lipinski definition) is 2. The molecule has 8 nitrogen and oxygen atoms in total. The third-order valence-corrected chi connectivity index (χ3v) is 7.01. The Balaban J connectivity index is 1.60. The van der Waals surface area contributed by atoms with Gasteiger partial charge in [0.05, 0.1) is 24.0 Å². The molecular weight excluding hydrogens is 432 g/mol. The van der Waals surface area contributed by atoms with Gasteiger partial charge in [-0.15, -0.1) is 34.4 Å². The number of thiophene rings is 1. The van der Waals surface area contributed by atoms with E-state index in [2.05, 4.69) is 20.3 Å². The quantitative estimate of drug-likeness (QED) is 0.527. The number of hydrogen-bond acceptors (Lipinski definition) is 9. The number of aromatic amines is 1. The Labute approximate surface area is 179 Å². The summed E-state index contributed by atoms with van der Waals surface area (Å²) in [6, 6.07) is 1.82. The SMILES string of the molecule is COC(=O)c1nc(NC(=O)CSCc2nc3sc(C)cc3c(=O)[nH]2)sc1C(C)C. The molecule has 0 radical (unpaired) electrons. The Hall–Kier alpha value is -2.24. The van der Waals surface area contributed by atoms with Gasteiger partial charge in [-0.25, -0.2) is 14.8 Å². The van der Waals surface area contributed by atoms with Gasteiger partial charge in [0.25, 0.3) is 5.56 Å². The van der Waals surface area contributed by atoms with E-state index in [1.54, 1.807) is 0 Å². The lowest BCUT2D eigenvalue weighted by Crippen LogP contribution is -2.15. The molecule has 1 amide bonds. The van der Waals surface area contributed by atoms with Crippen molar-refractivity contribution in [2.24, 2.45) is 0 Å². The van der Waals surface area contributed by atoms with E-state index in [4.69, 9.17) is 4.74 Å². The molecule has 0 aliphatic rings. The van der Waals surface area contributed by atoms with Gasteiger partial charge in [-0.1, -0.05) is 13.8 Å². The highest BCUT2D eigenvalue weighted by molar-refractivity contribution is 7.99. The van der Waals surface area contributed by atoms with Crippen LogP contribution in [0.4, 0.5) is 5.13 Å². The lowest BCUT2D eigenvalue weighted by Gasteiger charge is -2.02. The number of fused-ring (bicyclic) bond motifs is 1. The fraction of sp³-hybridized carbons (Fsp3) is 0.389. The zero-order valence-electron chi connectivity index (χ0n) is 16.3. The maximum Gasteiger partial charge on any atom is 0.357 e. The summed E-state index contributed by atoms with van der Waals surface area (Å²) in [5.74, 6) is 0.416. The van der Waals surface area contributed by atoms with Crippen molar-refractivity contribution >= 4 is 61.7 Å². The minimum Gasteiger partial charge on any atom is -0.464 e. The van der Waals surface area contributed by atoms with E-state index >= 15 is 0 Å². The van der Waals surface area contributed by atoms with Gasteiger partial charge in [-0.05, 0) is 18.9 Å². The van der Waals surface area contributed by atoms with E-state index in [9.17, 15) is 14.4 Å². The van der Waals surface area contributed by atoms with Crippen LogP contribution in [0.15, 0.2) is 10.9 Å². The number of aromatic nitrogens is 3. The maximum atomic E-state index is 12.2. The number of carbonyl (C=O) groups excluding carboxylic acids is 2. The molecule has 11 heteroatoms. The van der Waals surface area contributed by atoms with Gasteiger partial charge < -0.3 is 15.0 Å². The number of rotatable bonds is 7. The Morgan fingerprint density at radius 3 is 2.76 bits per heavy atom. The molecule has 3 aromatic heterocycles. The second-order valence-electron chi connectivity index (χ2n) is 6.51. The molecule has 0 saturated carbocycles. The van der Waals surface area contributed by atoms with Crippen molar-refractivity contribution in [3.8, 4) is 0 Å². The number of aryl methyl sites for hydroxylation is 1. The summed E-state index contributed by atoms with van der Waals surface area (Å²) in [7, 11) is 1.30. The van der Waals surface area contributed by atoms with Crippen molar-refractivity contribution in [3.05, 3.63) is 37.7 Å². The molecule has 0 aromatic carbocycles. The van der Waals surface area contributed by atoms with Crippen LogP contribution in [0.25, 0.3) is 10.2 Å². The van der Waals surface area contributed by atoms with Crippen LogP contribution in [0.1, 0.15) is 45.8 Å². The van der Waals surface area contributed by atoms with E-state index in [0.29, 0.717) is 26.9 Å². The highest BCUT2D eigenvalue weighted by Crippen LogP contribution is 2.30. The van der Waals surface area contributed by atoms with E-state index in [0.717, 1.165) is 9.75 Å². The molecule has 0 aliphatic carbocycles. The molecule has 0 unspecified atom stereocenters. The van der Waals surface area contributed by atoms with Crippen LogP contribution in [0.2, 0.25) is 0 Å². The number of nitrogens with one attached hydrogen (secondary N) is 2. The first-order chi connectivity index (χ1) is 13.8. The standard InChI is InChI=1S/C18H20N4O4S3/c1-8(2)14-13(17(25)26-4)22-18(29-14)21-12(23)7-27-6-11-19-15(24)10-5-9(3)28-16(10)20-11/h5,8H,6-7H2,1-4H3,(H,19,20,24)(H,21,22,23). The van der Waals surface area contributed by atoms with Crippen molar-refractivity contribution < 1.29 is 14.3 Å². The highest BCUT2D eigenvalue weighted by atomic mass is 32.2. The first-order valence-corrected chi connectivity index (χ1v) is 11.5. The number of thioether (sulfide) groups is 1. The van der Waals surface area contributed by atoms with E-state index in [1.165, 1.54) is 41.5 Å². The average molecular weight is 453 g/mol. The fourth-order valence-corrected chi connectivity index (χ4v) is 5.14. The van der Waals surface area contributed by atoms with Gasteiger partial charge in [0.2, 0.25) is 5.91 Å². The second-order valence-corrected chi connectivity index (χ2v) is 9.76. The summed E-state index contributed by atoms with van der Waals surface area (Å²) >= 11 is 4.06. The largest absolute Gasteiger partial charge is 0.464 e. The van der Waals surface area contributed by atoms with Gasteiger partial charge in [0.15, 0.2) is 10.8 Å². The highest BCUT2D eigenvalue weighted by Gasteiger charge is 2.21. The summed E-state index contributed by atoms with van der Waals surface area (Å²) in [5.41, 5.74) is 0.0653. The topological polar surface area (TPSA) is 114 Å². The van der Waals surface area contributed by atoms with Crippen LogP contribution in [0.5, 0.6) is 0 Å². The molecule has 0 bridgehead atoms. The molecule has 3 aromatic rings. The van der Waals surface area contributed by atoms with Gasteiger partial charge in [-0.2, -0.15) is 0 Å². The smallest absolute Gasteiger partial charge is 0.357 e. The first-order valence-electron chi connectivity index (χ1n) is 8.74. The number of ether oxygens (including phenoxy) is 1. The van der Waals surface area contributed by atoms with Crippen LogP contribution >= 0.6 is 34.4 Å². The van der Waals surface area contributed by atoms with Gasteiger partial charge >= 0.3 is 5.97 Å². The number of carbonyl (C=O) groups is 2. The van der Waals surface area contributed by atoms with Crippen LogP contribution in [0, 0.1) is 6.92 Å². The van der Waals surface area contributed by atoms with Crippen LogP contribution in [-0.4, -0.2) is 39.7 Å². The molecule has 0 saturated heterocycles. The van der Waals surface area contributed by atoms with Crippen molar-refractivity contribution in [2.45, 2.75) is 32.4 Å². The van der Waals surface area contributed by atoms with Gasteiger partial charge in [0, 0.05) is 9.75 Å². The Morgan fingerprint density at radius 2 is 2.07 bits per heavy atom. The Bertz CT molecular complexity index is 1120. The number of anilines is 1. The number of esters is 1. The normalized spacial score (nSPS) is 11.2. The summed E-state index contributed by atoms with van der Waals surface area (Å²) in [6.07, 6.45) is 0. The van der Waals surface area contributed by atoms with Crippen molar-refractivity contribution in [1.29, 1.82) is 0 Å². The zero-order chi connectivity index (χ0) is 21.1. The monoisotopic (exact) mass is 452 g/mol. The molecule has 0 aliphatic heterocycles. The number of nitrogens with zero attached hydrogens (tertiary/aromatic N) is 2. The first kappa shape index (κ1) is 21.5. The van der Waals surface area contributed by atoms with E-state index in [-0.39, 0.29) is 28.8 Å². The minimum atomic E-state index is -0.519. The molecule has 0 atom stereocenters. The lowest BCUT2D eigenvalue weighted by molar-refractivity contribution is -0.113. The molecule has 2 N–H and O–H groups in total. The molecular formula is C18H20N4O4S3. The molecule has 154 valence electrons. The van der Waals surface area contributed by atoms with Crippen molar-refractivity contribution in [2.75, 3.05) is 18.2 Å².